The second-order valence-electron chi connectivity index (χ2n) is 6.96. The Morgan fingerprint density at radius 3 is 2.65 bits per heavy atom. The van der Waals surface area contributed by atoms with Gasteiger partial charge in [0.1, 0.15) is 0 Å². The molecule has 3 fully saturated rings. The van der Waals surface area contributed by atoms with E-state index in [2.05, 4.69) is 18.9 Å². The summed E-state index contributed by atoms with van der Waals surface area (Å²) in [4.78, 5) is 2.63. The van der Waals surface area contributed by atoms with Crippen molar-refractivity contribution >= 4 is 7.85 Å². The minimum atomic E-state index is 0.0559. The molecular formula is C14H24BNO. The van der Waals surface area contributed by atoms with Crippen molar-refractivity contribution in [2.24, 2.45) is 5.92 Å². The lowest BCUT2D eigenvalue weighted by atomic mass is 9.60. The van der Waals surface area contributed by atoms with Gasteiger partial charge in [-0.3, -0.25) is 4.90 Å². The van der Waals surface area contributed by atoms with E-state index in [-0.39, 0.29) is 5.31 Å². The molecule has 0 aromatic carbocycles. The summed E-state index contributed by atoms with van der Waals surface area (Å²) in [6.07, 6.45) is 7.70. The van der Waals surface area contributed by atoms with Crippen LogP contribution in [0.4, 0.5) is 0 Å². The largest absolute Gasteiger partial charge is 0.377 e. The Labute approximate surface area is 106 Å². The van der Waals surface area contributed by atoms with Gasteiger partial charge in [0.25, 0.3) is 0 Å². The van der Waals surface area contributed by atoms with Crippen molar-refractivity contribution in [3.05, 3.63) is 0 Å². The molecule has 94 valence electrons. The van der Waals surface area contributed by atoms with Crippen molar-refractivity contribution in [1.82, 2.24) is 4.90 Å². The van der Waals surface area contributed by atoms with Gasteiger partial charge in [-0.05, 0) is 25.8 Å². The van der Waals surface area contributed by atoms with Gasteiger partial charge in [-0.1, -0.05) is 37.9 Å². The summed E-state index contributed by atoms with van der Waals surface area (Å²) in [5.74, 6) is 0.791. The van der Waals surface area contributed by atoms with Crippen LogP contribution in [0.2, 0.25) is 5.31 Å². The molecule has 3 rings (SSSR count). The van der Waals surface area contributed by atoms with Crippen LogP contribution in [0.3, 0.4) is 0 Å². The fourth-order valence-corrected chi connectivity index (χ4v) is 4.32. The first kappa shape index (κ1) is 12.0. The fourth-order valence-electron chi connectivity index (χ4n) is 4.32. The van der Waals surface area contributed by atoms with Gasteiger partial charge in [-0.25, -0.2) is 0 Å². The first-order valence-corrected chi connectivity index (χ1v) is 7.12. The third-order valence-electron chi connectivity index (χ3n) is 5.40. The van der Waals surface area contributed by atoms with Gasteiger partial charge in [0.05, 0.1) is 26.6 Å². The summed E-state index contributed by atoms with van der Waals surface area (Å²) in [5.41, 5.74) is 0.371. The molecule has 1 spiro atoms. The van der Waals surface area contributed by atoms with E-state index in [0.29, 0.717) is 5.54 Å². The van der Waals surface area contributed by atoms with Crippen LogP contribution < -0.4 is 0 Å². The number of fused-ring (bicyclic) bond motifs is 1. The maximum absolute atomic E-state index is 6.45. The number of likely N-dealkylation sites (N-methyl/N-ethyl adjacent to an activating group) is 1. The fraction of sp³-hybridized carbons (Fsp3) is 1.00. The maximum Gasteiger partial charge on any atom is 0.0742 e. The second kappa shape index (κ2) is 3.99. The predicted molar refractivity (Wildman–Crippen MR) is 70.4 cm³/mol. The molecule has 3 unspecified atom stereocenters. The van der Waals surface area contributed by atoms with Gasteiger partial charge < -0.3 is 4.74 Å². The van der Waals surface area contributed by atoms with Crippen molar-refractivity contribution in [2.75, 3.05) is 20.3 Å². The Morgan fingerprint density at radius 1 is 1.24 bits per heavy atom. The highest BCUT2D eigenvalue weighted by atomic mass is 16.5. The van der Waals surface area contributed by atoms with E-state index in [1.165, 1.54) is 38.5 Å². The van der Waals surface area contributed by atoms with Crippen molar-refractivity contribution < 1.29 is 4.74 Å². The summed E-state index contributed by atoms with van der Waals surface area (Å²) < 4.78 is 5.48. The molecule has 1 saturated carbocycles. The van der Waals surface area contributed by atoms with E-state index >= 15 is 0 Å². The van der Waals surface area contributed by atoms with E-state index in [0.717, 1.165) is 25.2 Å². The summed E-state index contributed by atoms with van der Waals surface area (Å²) in [5, 5.41) is 0.0559. The zero-order valence-corrected chi connectivity index (χ0v) is 11.2. The van der Waals surface area contributed by atoms with Crippen molar-refractivity contribution in [3.8, 4) is 0 Å². The normalized spacial score (nSPS) is 46.0. The zero-order valence-electron chi connectivity index (χ0n) is 11.2. The number of ether oxygens (including phenoxy) is 1. The lowest BCUT2D eigenvalue weighted by Crippen LogP contribution is -2.58. The number of rotatable bonds is 0. The second-order valence-corrected chi connectivity index (χ2v) is 6.96. The van der Waals surface area contributed by atoms with E-state index in [1.807, 2.05) is 0 Å². The standard InChI is InChI=1S/C14H24BNO/c1-13(15)6-4-3-5-12-11(7-13)8-14(16(12)2)9-17-10-14/h11-12H,3-10H2,1-2H3. The summed E-state index contributed by atoms with van der Waals surface area (Å²) in [6, 6.07) is 0.752. The SMILES string of the molecule is [B]C1(C)CCCCC2C(C1)CC1(COC1)N2C. The Kier molecular flexibility index (Phi) is 2.83. The van der Waals surface area contributed by atoms with Crippen molar-refractivity contribution in [2.45, 2.75) is 62.3 Å². The summed E-state index contributed by atoms with van der Waals surface area (Å²) in [7, 11) is 8.76. The van der Waals surface area contributed by atoms with E-state index in [9.17, 15) is 0 Å². The monoisotopic (exact) mass is 233 g/mol. The zero-order chi connectivity index (χ0) is 12.1. The molecule has 1 aliphatic carbocycles. The number of nitrogens with zero attached hydrogens (tertiary/aromatic N) is 1. The Balaban J connectivity index is 1.79. The molecule has 2 nitrogen and oxygen atoms in total. The van der Waals surface area contributed by atoms with Crippen LogP contribution in [0.15, 0.2) is 0 Å². The number of likely N-dealkylation sites (tertiary alicyclic amines) is 1. The van der Waals surface area contributed by atoms with Crippen LogP contribution in [0.5, 0.6) is 0 Å². The molecule has 3 aliphatic rings. The van der Waals surface area contributed by atoms with E-state index < -0.39 is 0 Å². The van der Waals surface area contributed by atoms with E-state index in [4.69, 9.17) is 12.6 Å². The molecule has 0 aromatic rings. The summed E-state index contributed by atoms with van der Waals surface area (Å²) >= 11 is 0. The topological polar surface area (TPSA) is 12.5 Å². The molecule has 2 saturated heterocycles. The van der Waals surface area contributed by atoms with Gasteiger partial charge in [-0.2, -0.15) is 0 Å². The molecule has 0 N–H and O–H groups in total. The highest BCUT2D eigenvalue weighted by Crippen LogP contribution is 2.50. The molecule has 2 aliphatic heterocycles. The van der Waals surface area contributed by atoms with Crippen molar-refractivity contribution in [3.63, 3.8) is 0 Å². The maximum atomic E-state index is 6.45. The predicted octanol–water partition coefficient (Wildman–Crippen LogP) is 2.39. The molecule has 0 aromatic heterocycles. The molecule has 0 bridgehead atoms. The molecule has 2 heterocycles. The van der Waals surface area contributed by atoms with Gasteiger partial charge in [-0.15, -0.1) is 0 Å². The molecule has 0 amide bonds. The van der Waals surface area contributed by atoms with Crippen LogP contribution in [0, 0.1) is 5.92 Å². The van der Waals surface area contributed by atoms with Gasteiger partial charge in [0, 0.05) is 6.04 Å². The Morgan fingerprint density at radius 2 is 2.00 bits per heavy atom. The number of hydrogen-bond acceptors (Lipinski definition) is 2. The first-order valence-electron chi connectivity index (χ1n) is 7.12. The van der Waals surface area contributed by atoms with Crippen LogP contribution >= 0.6 is 0 Å². The van der Waals surface area contributed by atoms with E-state index in [1.54, 1.807) is 0 Å². The lowest BCUT2D eigenvalue weighted by Gasteiger charge is -2.45. The van der Waals surface area contributed by atoms with Crippen LogP contribution in [0.1, 0.15) is 45.4 Å². The third-order valence-corrected chi connectivity index (χ3v) is 5.40. The summed E-state index contributed by atoms with van der Waals surface area (Å²) in [6.45, 7) is 4.13. The first-order chi connectivity index (χ1) is 8.03. The average Bonchev–Trinajstić information content (AvgIpc) is 2.43. The van der Waals surface area contributed by atoms with Gasteiger partial charge >= 0.3 is 0 Å². The Hall–Kier alpha value is -0.0151. The average molecular weight is 233 g/mol. The van der Waals surface area contributed by atoms with Crippen LogP contribution in [-0.4, -0.2) is 44.6 Å². The quantitative estimate of drug-likeness (QED) is 0.595. The van der Waals surface area contributed by atoms with Gasteiger partial charge in [0.2, 0.25) is 0 Å². The molecular weight excluding hydrogens is 209 g/mol. The van der Waals surface area contributed by atoms with Crippen LogP contribution in [-0.2, 0) is 4.74 Å². The highest BCUT2D eigenvalue weighted by Gasteiger charge is 2.54. The van der Waals surface area contributed by atoms with Gasteiger partial charge in [0.15, 0.2) is 0 Å². The molecule has 3 heteroatoms. The minimum absolute atomic E-state index is 0.0559. The lowest BCUT2D eigenvalue weighted by molar-refractivity contribution is -0.122. The minimum Gasteiger partial charge on any atom is -0.377 e. The Bertz CT molecular complexity index is 299. The number of hydrogen-bond donors (Lipinski definition) is 0. The smallest absolute Gasteiger partial charge is 0.0742 e. The van der Waals surface area contributed by atoms with Crippen LogP contribution in [0.25, 0.3) is 0 Å². The highest BCUT2D eigenvalue weighted by molar-refractivity contribution is 6.14. The third kappa shape index (κ3) is 1.96. The van der Waals surface area contributed by atoms with Crippen molar-refractivity contribution in [1.29, 1.82) is 0 Å². The molecule has 3 atom stereocenters. The molecule has 17 heavy (non-hydrogen) atoms. The molecule has 2 radical (unpaired) electrons.